The Morgan fingerprint density at radius 1 is 1.14 bits per heavy atom. The second kappa shape index (κ2) is 13.6. The van der Waals surface area contributed by atoms with Gasteiger partial charge in [0, 0.05) is 41.5 Å². The van der Waals surface area contributed by atoms with Crippen LogP contribution in [0.15, 0.2) is 71.6 Å². The monoisotopic (exact) mass is 632 g/mol. The number of nitrogens with one attached hydrogen (secondary N) is 2. The summed E-state index contributed by atoms with van der Waals surface area (Å²) in [5, 5.41) is 13.0. The molecule has 1 heterocycles. The molecule has 0 radical (unpaired) electrons. The fraction of sp³-hybridized carbons (Fsp3) is 0.333. The molecule has 3 amide bonds. The highest BCUT2D eigenvalue weighted by atomic mass is 35.5. The maximum Gasteiger partial charge on any atom is 0.321 e. The van der Waals surface area contributed by atoms with Gasteiger partial charge in [0.2, 0.25) is 5.91 Å². The Labute approximate surface area is 255 Å². The fourth-order valence-electron chi connectivity index (χ4n) is 4.64. The van der Waals surface area contributed by atoms with Gasteiger partial charge in [0.05, 0.1) is 30.5 Å². The number of hydrogen-bond donors (Lipinski definition) is 3. The lowest BCUT2D eigenvalue weighted by atomic mass is 10.0. The van der Waals surface area contributed by atoms with Crippen molar-refractivity contribution in [3.05, 3.63) is 83.1 Å². The van der Waals surface area contributed by atoms with Gasteiger partial charge in [-0.25, -0.2) is 17.6 Å². The molecule has 0 bridgehead atoms. The van der Waals surface area contributed by atoms with Crippen molar-refractivity contribution >= 4 is 44.9 Å². The number of aliphatic hydroxyl groups excluding tert-OH is 1. The molecule has 3 aromatic rings. The van der Waals surface area contributed by atoms with E-state index in [4.69, 9.17) is 16.3 Å². The molecule has 4 rings (SSSR count). The largest absolute Gasteiger partial charge is 0.488 e. The van der Waals surface area contributed by atoms with Crippen LogP contribution < -0.4 is 14.8 Å². The Hall–Kier alpha value is -3.87. The smallest absolute Gasteiger partial charge is 0.321 e. The van der Waals surface area contributed by atoms with Gasteiger partial charge in [-0.15, -0.1) is 0 Å². The Balaban J connectivity index is 1.61. The average molecular weight is 633 g/mol. The topological polar surface area (TPSA) is 128 Å². The molecule has 0 saturated heterocycles. The SMILES string of the molecule is C[C@@H]1CN([C@@H](C)CO)C(=O)Cc2cc(NS(=O)(=O)c3ccc(Cl)cc3)ccc2O[C@H]1CN(C)C(=O)Nc1ccc(F)cc1. The van der Waals surface area contributed by atoms with E-state index in [-0.39, 0.29) is 48.5 Å². The normalized spacial score (nSPS) is 17.9. The summed E-state index contributed by atoms with van der Waals surface area (Å²) in [6.07, 6.45) is -0.685. The van der Waals surface area contributed by atoms with Crippen molar-refractivity contribution in [2.75, 3.05) is 36.8 Å². The molecule has 230 valence electrons. The first-order valence-electron chi connectivity index (χ1n) is 13.6. The number of likely N-dealkylation sites (N-methyl/N-ethyl adjacent to an activating group) is 1. The molecule has 13 heteroatoms. The number of hydrogen-bond acceptors (Lipinski definition) is 6. The maximum absolute atomic E-state index is 13.4. The Kier molecular flexibility index (Phi) is 10.2. The molecule has 0 fully saturated rings. The highest BCUT2D eigenvalue weighted by Crippen LogP contribution is 2.30. The molecule has 3 atom stereocenters. The van der Waals surface area contributed by atoms with Crippen LogP contribution >= 0.6 is 11.6 Å². The number of amides is 3. The quantitative estimate of drug-likeness (QED) is 0.333. The molecule has 43 heavy (non-hydrogen) atoms. The van der Waals surface area contributed by atoms with E-state index in [1.165, 1.54) is 59.5 Å². The first kappa shape index (κ1) is 32.1. The van der Waals surface area contributed by atoms with E-state index in [0.29, 0.717) is 22.0 Å². The molecule has 0 unspecified atom stereocenters. The zero-order chi connectivity index (χ0) is 31.3. The summed E-state index contributed by atoms with van der Waals surface area (Å²) in [4.78, 5) is 29.4. The summed E-state index contributed by atoms with van der Waals surface area (Å²) in [5.74, 6) is -0.590. The van der Waals surface area contributed by atoms with Crippen molar-refractivity contribution in [1.29, 1.82) is 0 Å². The second-order valence-electron chi connectivity index (χ2n) is 10.6. The van der Waals surface area contributed by atoms with Gasteiger partial charge in [-0.3, -0.25) is 9.52 Å². The minimum atomic E-state index is -3.94. The predicted molar refractivity (Wildman–Crippen MR) is 162 cm³/mol. The van der Waals surface area contributed by atoms with Crippen LogP contribution in [0.3, 0.4) is 0 Å². The first-order valence-corrected chi connectivity index (χ1v) is 15.5. The highest BCUT2D eigenvalue weighted by molar-refractivity contribution is 7.92. The van der Waals surface area contributed by atoms with Crippen LogP contribution in [0.25, 0.3) is 0 Å². The molecular formula is C30H34ClFN4O6S. The zero-order valence-corrected chi connectivity index (χ0v) is 25.5. The summed E-state index contributed by atoms with van der Waals surface area (Å²) >= 11 is 5.90. The van der Waals surface area contributed by atoms with Crippen molar-refractivity contribution in [2.45, 2.75) is 37.3 Å². The van der Waals surface area contributed by atoms with Gasteiger partial charge < -0.3 is 25.0 Å². The molecule has 10 nitrogen and oxygen atoms in total. The number of sulfonamides is 1. The molecule has 3 aromatic carbocycles. The lowest BCUT2D eigenvalue weighted by molar-refractivity contribution is -0.134. The van der Waals surface area contributed by atoms with Gasteiger partial charge in [0.25, 0.3) is 10.0 Å². The third-order valence-electron chi connectivity index (χ3n) is 7.19. The molecule has 1 aliphatic rings. The van der Waals surface area contributed by atoms with Crippen molar-refractivity contribution in [1.82, 2.24) is 9.80 Å². The number of urea groups is 1. The summed E-state index contributed by atoms with van der Waals surface area (Å²) in [6, 6.07) is 14.9. The summed E-state index contributed by atoms with van der Waals surface area (Å²) in [7, 11) is -2.35. The van der Waals surface area contributed by atoms with Crippen LogP contribution in [0.2, 0.25) is 5.02 Å². The zero-order valence-electron chi connectivity index (χ0n) is 24.0. The number of ether oxygens (including phenoxy) is 1. The van der Waals surface area contributed by atoms with Crippen molar-refractivity contribution in [3.8, 4) is 5.75 Å². The lowest BCUT2D eigenvalue weighted by Gasteiger charge is -2.34. The number of benzene rings is 3. The van der Waals surface area contributed by atoms with E-state index in [0.717, 1.165) is 0 Å². The van der Waals surface area contributed by atoms with Gasteiger partial charge in [0.15, 0.2) is 0 Å². The van der Waals surface area contributed by atoms with Gasteiger partial charge in [-0.05, 0) is 73.7 Å². The second-order valence-corrected chi connectivity index (χ2v) is 12.7. The minimum Gasteiger partial charge on any atom is -0.488 e. The van der Waals surface area contributed by atoms with Crippen LogP contribution in [0, 0.1) is 11.7 Å². The molecule has 0 aliphatic carbocycles. The Bertz CT molecular complexity index is 1560. The number of carbonyl (C=O) groups excluding carboxylic acids is 2. The van der Waals surface area contributed by atoms with Gasteiger partial charge in [-0.2, -0.15) is 0 Å². The summed E-state index contributed by atoms with van der Waals surface area (Å²) in [5.41, 5.74) is 1.09. The molecule has 3 N–H and O–H groups in total. The number of aliphatic hydroxyl groups is 1. The van der Waals surface area contributed by atoms with Crippen LogP contribution in [-0.4, -0.2) is 74.2 Å². The van der Waals surface area contributed by atoms with Gasteiger partial charge >= 0.3 is 6.03 Å². The molecule has 0 spiro atoms. The predicted octanol–water partition coefficient (Wildman–Crippen LogP) is 4.59. The van der Waals surface area contributed by atoms with Crippen molar-refractivity contribution in [2.24, 2.45) is 5.92 Å². The Morgan fingerprint density at radius 2 is 1.79 bits per heavy atom. The van der Waals surface area contributed by atoms with E-state index in [2.05, 4.69) is 10.0 Å². The van der Waals surface area contributed by atoms with Gasteiger partial charge in [-0.1, -0.05) is 18.5 Å². The number of halogens is 2. The van der Waals surface area contributed by atoms with Crippen LogP contribution in [-0.2, 0) is 21.2 Å². The van der Waals surface area contributed by atoms with E-state index >= 15 is 0 Å². The number of rotatable bonds is 8. The van der Waals surface area contributed by atoms with Gasteiger partial charge in [0.1, 0.15) is 17.7 Å². The van der Waals surface area contributed by atoms with E-state index in [9.17, 15) is 27.5 Å². The van der Waals surface area contributed by atoms with E-state index in [1.54, 1.807) is 31.0 Å². The maximum atomic E-state index is 13.4. The average Bonchev–Trinajstić information content (AvgIpc) is 3.01. The molecule has 0 aromatic heterocycles. The van der Waals surface area contributed by atoms with Crippen LogP contribution in [0.4, 0.5) is 20.6 Å². The van der Waals surface area contributed by atoms with Crippen LogP contribution in [0.1, 0.15) is 19.4 Å². The molecule has 0 saturated carbocycles. The number of anilines is 2. The fourth-order valence-corrected chi connectivity index (χ4v) is 5.82. The number of nitrogens with zero attached hydrogens (tertiary/aromatic N) is 2. The van der Waals surface area contributed by atoms with Crippen LogP contribution in [0.5, 0.6) is 5.75 Å². The number of carbonyl (C=O) groups is 2. The molecular weight excluding hydrogens is 599 g/mol. The van der Waals surface area contributed by atoms with Crippen molar-refractivity contribution in [3.63, 3.8) is 0 Å². The van der Waals surface area contributed by atoms with Crippen molar-refractivity contribution < 1.29 is 32.2 Å². The lowest BCUT2D eigenvalue weighted by Crippen LogP contribution is -2.48. The third kappa shape index (κ3) is 8.15. The minimum absolute atomic E-state index is 0.0200. The highest BCUT2D eigenvalue weighted by Gasteiger charge is 2.32. The Morgan fingerprint density at radius 3 is 2.44 bits per heavy atom. The third-order valence-corrected chi connectivity index (χ3v) is 8.84. The summed E-state index contributed by atoms with van der Waals surface area (Å²) < 4.78 is 48.2. The van der Waals surface area contributed by atoms with E-state index in [1.807, 2.05) is 6.92 Å². The number of fused-ring (bicyclic) bond motifs is 1. The first-order chi connectivity index (χ1) is 20.4. The van der Waals surface area contributed by atoms with E-state index < -0.39 is 34.0 Å². The molecule has 1 aliphatic heterocycles. The standard InChI is InChI=1S/C30H34ClFN4O6S/c1-19-16-36(20(2)18-37)29(38)15-21-14-25(34-43(40,41)26-11-4-22(31)5-12-26)10-13-27(21)42-28(19)17-35(3)30(39)33-24-8-6-23(32)7-9-24/h4-14,19-20,28,34,37H,15-18H2,1-3H3,(H,33,39)/t19-,20+,28+/m1/s1. The summed E-state index contributed by atoms with van der Waals surface area (Å²) in [6.45, 7) is 3.76.